The summed E-state index contributed by atoms with van der Waals surface area (Å²) in [6.45, 7) is 2.00. The average Bonchev–Trinajstić information content (AvgIpc) is 3.47. The van der Waals surface area contributed by atoms with E-state index in [1.807, 2.05) is 31.2 Å². The summed E-state index contributed by atoms with van der Waals surface area (Å²) in [6.07, 6.45) is 1.62. The van der Waals surface area contributed by atoms with E-state index < -0.39 is 4.92 Å². The molecule has 0 N–H and O–H groups in total. The third-order valence-electron chi connectivity index (χ3n) is 4.73. The minimum absolute atomic E-state index is 0.0174. The highest BCUT2D eigenvalue weighted by atomic mass is 32.1. The predicted molar refractivity (Wildman–Crippen MR) is 117 cm³/mol. The van der Waals surface area contributed by atoms with Crippen LogP contribution < -0.4 is 10.1 Å². The Morgan fingerprint density at radius 1 is 1.10 bits per heavy atom. The first kappa shape index (κ1) is 18.9. The number of aryl methyl sites for hydroxylation is 1. The second-order valence-electron chi connectivity index (χ2n) is 6.92. The molecular weight excluding hydrogens is 416 g/mol. The van der Waals surface area contributed by atoms with Crippen LogP contribution in [0.3, 0.4) is 0 Å². The Morgan fingerprint density at radius 3 is 2.65 bits per heavy atom. The molecule has 0 bridgehead atoms. The van der Waals surface area contributed by atoms with Crippen molar-refractivity contribution in [1.29, 1.82) is 0 Å². The summed E-state index contributed by atoms with van der Waals surface area (Å²) in [7, 11) is 0. The number of rotatable bonds is 4. The molecule has 0 saturated heterocycles. The lowest BCUT2D eigenvalue weighted by Crippen LogP contribution is -2.23. The van der Waals surface area contributed by atoms with Gasteiger partial charge in [-0.2, -0.15) is 9.50 Å². The average molecular weight is 430 g/mol. The molecule has 0 aliphatic heterocycles. The normalized spacial score (nSPS) is 12.0. The van der Waals surface area contributed by atoms with E-state index in [4.69, 9.17) is 4.42 Å². The molecule has 0 aliphatic rings. The number of furan rings is 1. The van der Waals surface area contributed by atoms with Gasteiger partial charge in [0.25, 0.3) is 11.2 Å². The standard InChI is InChI=1S/C22H14N4O4S/c1-13-5-7-14(8-6-13)20-23-22-25(24-20)21(27)19(31-22)12-17-9-10-18(30-17)15-3-2-4-16(11-15)26(28)29/h2-12H,1H3. The largest absolute Gasteiger partial charge is 0.457 e. The first-order valence-electron chi connectivity index (χ1n) is 9.31. The van der Waals surface area contributed by atoms with E-state index in [9.17, 15) is 14.9 Å². The van der Waals surface area contributed by atoms with E-state index >= 15 is 0 Å². The van der Waals surface area contributed by atoms with Crippen LogP contribution in [0.15, 0.2) is 69.9 Å². The van der Waals surface area contributed by atoms with Crippen molar-refractivity contribution in [2.75, 3.05) is 0 Å². The molecule has 0 saturated carbocycles. The van der Waals surface area contributed by atoms with E-state index in [2.05, 4.69) is 10.1 Å². The highest BCUT2D eigenvalue weighted by Crippen LogP contribution is 2.26. The number of hydrogen-bond donors (Lipinski definition) is 0. The number of hydrogen-bond acceptors (Lipinski definition) is 7. The lowest BCUT2D eigenvalue weighted by molar-refractivity contribution is -0.384. The Bertz CT molecular complexity index is 1550. The zero-order valence-corrected chi connectivity index (χ0v) is 17.0. The molecule has 0 atom stereocenters. The van der Waals surface area contributed by atoms with E-state index in [-0.39, 0.29) is 11.2 Å². The highest BCUT2D eigenvalue weighted by Gasteiger charge is 2.13. The van der Waals surface area contributed by atoms with E-state index in [0.717, 1.165) is 11.1 Å². The van der Waals surface area contributed by atoms with Crippen LogP contribution in [0.25, 0.3) is 33.7 Å². The lowest BCUT2D eigenvalue weighted by Gasteiger charge is -1.96. The fourth-order valence-electron chi connectivity index (χ4n) is 3.15. The van der Waals surface area contributed by atoms with Crippen LogP contribution in [0.4, 0.5) is 5.69 Å². The minimum Gasteiger partial charge on any atom is -0.457 e. The molecule has 0 aliphatic carbocycles. The maximum absolute atomic E-state index is 12.8. The summed E-state index contributed by atoms with van der Waals surface area (Å²) in [6, 6.07) is 17.4. The van der Waals surface area contributed by atoms with Crippen molar-refractivity contribution in [2.24, 2.45) is 0 Å². The van der Waals surface area contributed by atoms with Crippen LogP contribution in [0.2, 0.25) is 0 Å². The van der Waals surface area contributed by atoms with Gasteiger partial charge in [-0.15, -0.1) is 5.10 Å². The van der Waals surface area contributed by atoms with Crippen molar-refractivity contribution < 1.29 is 9.34 Å². The molecule has 0 fully saturated rings. The molecule has 3 heterocycles. The van der Waals surface area contributed by atoms with E-state index in [0.29, 0.717) is 32.4 Å². The second kappa shape index (κ2) is 7.29. The number of non-ortho nitro benzene ring substituents is 1. The van der Waals surface area contributed by atoms with Crippen LogP contribution in [0, 0.1) is 17.0 Å². The molecule has 5 aromatic rings. The van der Waals surface area contributed by atoms with Gasteiger partial charge in [-0.25, -0.2) is 0 Å². The molecular formula is C22H14N4O4S. The maximum Gasteiger partial charge on any atom is 0.291 e. The summed E-state index contributed by atoms with van der Waals surface area (Å²) in [4.78, 5) is 28.2. The number of fused-ring (bicyclic) bond motifs is 1. The van der Waals surface area contributed by atoms with E-state index in [1.54, 1.807) is 30.3 Å². The van der Waals surface area contributed by atoms with Crippen LogP contribution in [0.1, 0.15) is 11.3 Å². The molecule has 0 spiro atoms. The number of thiazole rings is 1. The van der Waals surface area contributed by atoms with Gasteiger partial charge < -0.3 is 4.42 Å². The fraction of sp³-hybridized carbons (Fsp3) is 0.0455. The van der Waals surface area contributed by atoms with Gasteiger partial charge in [0.15, 0.2) is 5.82 Å². The molecule has 3 aromatic heterocycles. The Hall–Kier alpha value is -4.11. The Morgan fingerprint density at radius 2 is 1.90 bits per heavy atom. The fourth-order valence-corrected chi connectivity index (χ4v) is 4.03. The minimum atomic E-state index is -0.456. The van der Waals surface area contributed by atoms with Crippen molar-refractivity contribution in [3.63, 3.8) is 0 Å². The van der Waals surface area contributed by atoms with Gasteiger partial charge in [-0.3, -0.25) is 14.9 Å². The van der Waals surface area contributed by atoms with Gasteiger partial charge in [0.2, 0.25) is 4.96 Å². The molecule has 9 heteroatoms. The van der Waals surface area contributed by atoms with Gasteiger partial charge in [-0.1, -0.05) is 53.3 Å². The predicted octanol–water partition coefficient (Wildman–Crippen LogP) is 3.84. The van der Waals surface area contributed by atoms with Crippen LogP contribution in [-0.2, 0) is 0 Å². The summed E-state index contributed by atoms with van der Waals surface area (Å²) >= 11 is 1.22. The van der Waals surface area contributed by atoms with E-state index in [1.165, 1.54) is 28.0 Å². The van der Waals surface area contributed by atoms with Crippen molar-refractivity contribution in [3.8, 4) is 22.7 Å². The smallest absolute Gasteiger partial charge is 0.291 e. The quantitative estimate of drug-likeness (QED) is 0.317. The van der Waals surface area contributed by atoms with Gasteiger partial charge >= 0.3 is 0 Å². The van der Waals surface area contributed by atoms with Crippen LogP contribution in [0.5, 0.6) is 0 Å². The van der Waals surface area contributed by atoms with Crippen molar-refractivity contribution >= 4 is 28.1 Å². The van der Waals surface area contributed by atoms with Crippen molar-refractivity contribution in [1.82, 2.24) is 14.6 Å². The second-order valence-corrected chi connectivity index (χ2v) is 7.93. The Kier molecular flexibility index (Phi) is 4.45. The molecule has 31 heavy (non-hydrogen) atoms. The number of aromatic nitrogens is 3. The SMILES string of the molecule is Cc1ccc(-c2nc3sc(=Cc4ccc(-c5cccc([N+](=O)[O-])c5)o4)c(=O)n3n2)cc1. The molecule has 0 amide bonds. The first-order valence-corrected chi connectivity index (χ1v) is 10.1. The van der Waals surface area contributed by atoms with Crippen molar-refractivity contribution in [2.45, 2.75) is 6.92 Å². The molecule has 0 radical (unpaired) electrons. The first-order chi connectivity index (χ1) is 15.0. The summed E-state index contributed by atoms with van der Waals surface area (Å²) < 4.78 is 7.50. The molecule has 2 aromatic carbocycles. The number of nitro benzene ring substituents is 1. The van der Waals surface area contributed by atoms with Gasteiger partial charge in [-0.05, 0) is 19.1 Å². The zero-order valence-electron chi connectivity index (χ0n) is 16.2. The highest BCUT2D eigenvalue weighted by molar-refractivity contribution is 7.15. The molecule has 5 rings (SSSR count). The monoisotopic (exact) mass is 430 g/mol. The van der Waals surface area contributed by atoms with Gasteiger partial charge in [0, 0.05) is 29.3 Å². The Balaban J connectivity index is 1.49. The van der Waals surface area contributed by atoms with Crippen LogP contribution >= 0.6 is 11.3 Å². The summed E-state index contributed by atoms with van der Waals surface area (Å²) in [5, 5.41) is 15.3. The molecule has 152 valence electrons. The third kappa shape index (κ3) is 3.51. The van der Waals surface area contributed by atoms with Crippen molar-refractivity contribution in [3.05, 3.63) is 97.0 Å². The van der Waals surface area contributed by atoms with Gasteiger partial charge in [0.05, 0.1) is 4.92 Å². The Labute approximate surface area is 178 Å². The van der Waals surface area contributed by atoms with Crippen LogP contribution in [-0.4, -0.2) is 19.5 Å². The topological polar surface area (TPSA) is 104 Å². The number of nitro groups is 1. The van der Waals surface area contributed by atoms with Gasteiger partial charge in [0.1, 0.15) is 16.1 Å². The number of nitrogens with zero attached hydrogens (tertiary/aromatic N) is 4. The zero-order chi connectivity index (χ0) is 21.5. The lowest BCUT2D eigenvalue weighted by atomic mass is 10.1. The molecule has 0 unspecified atom stereocenters. The summed E-state index contributed by atoms with van der Waals surface area (Å²) in [5.41, 5.74) is 2.27. The summed E-state index contributed by atoms with van der Waals surface area (Å²) in [5.74, 6) is 1.44. The third-order valence-corrected chi connectivity index (χ3v) is 5.69. The maximum atomic E-state index is 12.8. The number of benzene rings is 2. The molecule has 8 nitrogen and oxygen atoms in total.